The lowest BCUT2D eigenvalue weighted by atomic mass is 10.0. The zero-order valence-electron chi connectivity index (χ0n) is 14.3. The predicted molar refractivity (Wildman–Crippen MR) is 103 cm³/mol. The van der Waals surface area contributed by atoms with Gasteiger partial charge in [-0.25, -0.2) is 0 Å². The molecule has 0 bridgehead atoms. The van der Waals surface area contributed by atoms with Crippen LogP contribution in [0.15, 0.2) is 66.9 Å². The molecule has 3 aromatic rings. The lowest BCUT2D eigenvalue weighted by Crippen LogP contribution is -2.38. The minimum Gasteiger partial charge on any atom is -0.256 e. The van der Waals surface area contributed by atoms with E-state index in [9.17, 15) is 0 Å². The van der Waals surface area contributed by atoms with Gasteiger partial charge in [0, 0.05) is 11.8 Å². The monoisotopic (exact) mass is 317 g/mol. The second-order valence-corrected chi connectivity index (χ2v) is 12.1. The molecule has 1 heterocycles. The van der Waals surface area contributed by atoms with Crippen LogP contribution in [0.4, 0.5) is 0 Å². The van der Waals surface area contributed by atoms with Crippen LogP contribution in [-0.2, 0) is 0 Å². The maximum absolute atomic E-state index is 4.52. The van der Waals surface area contributed by atoms with Crippen LogP contribution in [0.2, 0.25) is 19.6 Å². The van der Waals surface area contributed by atoms with Crippen molar-refractivity contribution in [3.8, 4) is 22.4 Å². The average molecular weight is 318 g/mol. The topological polar surface area (TPSA) is 12.9 Å². The fourth-order valence-corrected chi connectivity index (χ4v) is 4.56. The number of aryl methyl sites for hydroxylation is 1. The van der Waals surface area contributed by atoms with Gasteiger partial charge in [0.2, 0.25) is 0 Å². The molecule has 0 aliphatic heterocycles. The zero-order valence-corrected chi connectivity index (χ0v) is 15.3. The van der Waals surface area contributed by atoms with E-state index in [1.165, 1.54) is 27.4 Å². The summed E-state index contributed by atoms with van der Waals surface area (Å²) in [5, 5.41) is 1.51. The van der Waals surface area contributed by atoms with Crippen molar-refractivity contribution in [2.75, 3.05) is 0 Å². The molecule has 0 amide bonds. The zero-order chi connectivity index (χ0) is 16.4. The Kier molecular flexibility index (Phi) is 4.18. The fraction of sp³-hybridized carbons (Fsp3) is 0.190. The molecule has 0 saturated carbocycles. The number of hydrogen-bond acceptors (Lipinski definition) is 1. The summed E-state index contributed by atoms with van der Waals surface area (Å²) in [6.45, 7) is 9.31. The summed E-state index contributed by atoms with van der Waals surface area (Å²) in [6.07, 6.45) is 1.88. The molecular formula is C21H23NSi. The van der Waals surface area contributed by atoms with Gasteiger partial charge < -0.3 is 0 Å². The summed E-state index contributed by atoms with van der Waals surface area (Å²) in [4.78, 5) is 4.52. The van der Waals surface area contributed by atoms with E-state index in [4.69, 9.17) is 0 Å². The molecule has 0 atom stereocenters. The van der Waals surface area contributed by atoms with Gasteiger partial charge in [0.25, 0.3) is 0 Å². The predicted octanol–water partition coefficient (Wildman–Crippen LogP) is 5.27. The van der Waals surface area contributed by atoms with E-state index in [0.29, 0.717) is 0 Å². The molecule has 1 nitrogen and oxygen atoms in total. The van der Waals surface area contributed by atoms with Crippen LogP contribution in [0.25, 0.3) is 22.4 Å². The van der Waals surface area contributed by atoms with E-state index in [1.807, 2.05) is 12.3 Å². The van der Waals surface area contributed by atoms with Crippen molar-refractivity contribution in [3.63, 3.8) is 0 Å². The summed E-state index contributed by atoms with van der Waals surface area (Å²) in [5.74, 6) is 0. The van der Waals surface area contributed by atoms with E-state index in [-0.39, 0.29) is 0 Å². The largest absolute Gasteiger partial charge is 0.256 e. The van der Waals surface area contributed by atoms with Crippen molar-refractivity contribution in [2.24, 2.45) is 0 Å². The SMILES string of the molecule is Cc1ccnc(-c2cccc(-c3ccccc3[Si](C)(C)C)c2)c1. The first-order valence-electron chi connectivity index (χ1n) is 8.08. The first-order valence-corrected chi connectivity index (χ1v) is 11.6. The molecule has 1 aromatic heterocycles. The number of rotatable bonds is 3. The van der Waals surface area contributed by atoms with Gasteiger partial charge in [-0.1, -0.05) is 67.3 Å². The number of aromatic nitrogens is 1. The highest BCUT2D eigenvalue weighted by Gasteiger charge is 2.20. The Bertz CT molecular complexity index is 831. The van der Waals surface area contributed by atoms with Crippen molar-refractivity contribution in [1.82, 2.24) is 4.98 Å². The van der Waals surface area contributed by atoms with Crippen molar-refractivity contribution < 1.29 is 0 Å². The van der Waals surface area contributed by atoms with Gasteiger partial charge in [0.15, 0.2) is 0 Å². The molecule has 23 heavy (non-hydrogen) atoms. The average Bonchev–Trinajstić information content (AvgIpc) is 2.54. The molecule has 0 saturated heterocycles. The van der Waals surface area contributed by atoms with Gasteiger partial charge in [0.05, 0.1) is 13.8 Å². The Balaban J connectivity index is 2.12. The third-order valence-corrected chi connectivity index (χ3v) is 6.17. The Labute approximate surface area is 140 Å². The van der Waals surface area contributed by atoms with E-state index in [0.717, 1.165) is 5.69 Å². The van der Waals surface area contributed by atoms with Crippen LogP contribution >= 0.6 is 0 Å². The molecule has 2 aromatic carbocycles. The maximum atomic E-state index is 4.52. The molecule has 0 radical (unpaired) electrons. The fourth-order valence-electron chi connectivity index (χ4n) is 2.93. The third-order valence-electron chi connectivity index (χ3n) is 4.12. The molecule has 0 fully saturated rings. The van der Waals surface area contributed by atoms with Crippen molar-refractivity contribution >= 4 is 13.3 Å². The molecule has 116 valence electrons. The molecule has 0 aliphatic carbocycles. The summed E-state index contributed by atoms with van der Waals surface area (Å²) in [7, 11) is -1.38. The lowest BCUT2D eigenvalue weighted by Gasteiger charge is -2.21. The van der Waals surface area contributed by atoms with Crippen molar-refractivity contribution in [1.29, 1.82) is 0 Å². The van der Waals surface area contributed by atoms with Crippen LogP contribution in [0.1, 0.15) is 5.56 Å². The Morgan fingerprint density at radius 1 is 0.783 bits per heavy atom. The second kappa shape index (κ2) is 6.13. The van der Waals surface area contributed by atoms with E-state index < -0.39 is 8.07 Å². The lowest BCUT2D eigenvalue weighted by molar-refractivity contribution is 1.29. The quantitative estimate of drug-likeness (QED) is 0.600. The molecule has 3 rings (SSSR count). The number of hydrogen-bond donors (Lipinski definition) is 0. The normalized spacial score (nSPS) is 11.5. The van der Waals surface area contributed by atoms with E-state index in [1.54, 1.807) is 0 Å². The smallest absolute Gasteiger partial charge is 0.0784 e. The van der Waals surface area contributed by atoms with Gasteiger partial charge in [-0.2, -0.15) is 0 Å². The standard InChI is InChI=1S/C21H23NSi/c1-16-12-13-22-20(14-16)18-9-7-8-17(15-18)19-10-5-6-11-21(19)23(2,3)4/h5-15H,1-4H3. The molecule has 0 N–H and O–H groups in total. The summed E-state index contributed by atoms with van der Waals surface area (Å²) in [6, 6.07) is 21.8. The van der Waals surface area contributed by atoms with Gasteiger partial charge in [0.1, 0.15) is 0 Å². The highest BCUT2D eigenvalue weighted by Crippen LogP contribution is 2.26. The van der Waals surface area contributed by atoms with Gasteiger partial charge >= 0.3 is 0 Å². The first kappa shape index (κ1) is 15.7. The molecule has 0 aliphatic rings. The van der Waals surface area contributed by atoms with Crippen LogP contribution in [0, 0.1) is 6.92 Å². The summed E-state index contributed by atoms with van der Waals surface area (Å²) < 4.78 is 0. The van der Waals surface area contributed by atoms with Crippen LogP contribution < -0.4 is 5.19 Å². The number of nitrogens with zero attached hydrogens (tertiary/aromatic N) is 1. The van der Waals surface area contributed by atoms with Crippen molar-refractivity contribution in [2.45, 2.75) is 26.6 Å². The minimum atomic E-state index is -1.38. The first-order chi connectivity index (χ1) is 10.9. The molecular weight excluding hydrogens is 294 g/mol. The number of benzene rings is 2. The Morgan fingerprint density at radius 2 is 1.52 bits per heavy atom. The number of pyridine rings is 1. The Morgan fingerprint density at radius 3 is 2.26 bits per heavy atom. The van der Waals surface area contributed by atoms with E-state index in [2.05, 4.69) is 86.1 Å². The van der Waals surface area contributed by atoms with Crippen molar-refractivity contribution in [3.05, 3.63) is 72.4 Å². The Hall–Kier alpha value is -2.19. The molecule has 2 heteroatoms. The van der Waals surface area contributed by atoms with Crippen LogP contribution in [0.3, 0.4) is 0 Å². The highest BCUT2D eigenvalue weighted by atomic mass is 28.3. The van der Waals surface area contributed by atoms with Gasteiger partial charge in [-0.3, -0.25) is 4.98 Å². The van der Waals surface area contributed by atoms with Crippen LogP contribution in [-0.4, -0.2) is 13.1 Å². The van der Waals surface area contributed by atoms with Gasteiger partial charge in [-0.15, -0.1) is 0 Å². The van der Waals surface area contributed by atoms with Gasteiger partial charge in [-0.05, 0) is 41.8 Å². The van der Waals surface area contributed by atoms with Crippen LogP contribution in [0.5, 0.6) is 0 Å². The summed E-state index contributed by atoms with van der Waals surface area (Å²) in [5.41, 5.74) is 6.10. The highest BCUT2D eigenvalue weighted by molar-refractivity contribution is 6.89. The van der Waals surface area contributed by atoms with E-state index >= 15 is 0 Å². The maximum Gasteiger partial charge on any atom is 0.0784 e. The minimum absolute atomic E-state index is 1.04. The molecule has 0 unspecified atom stereocenters. The third kappa shape index (κ3) is 3.43. The second-order valence-electron chi connectivity index (χ2n) is 7.09. The summed E-state index contributed by atoms with van der Waals surface area (Å²) >= 11 is 0. The molecule has 0 spiro atoms.